The minimum absolute atomic E-state index is 0.0238. The van der Waals surface area contributed by atoms with Crippen molar-refractivity contribution in [3.05, 3.63) is 29.3 Å². The standard InChI is InChI=1S/C21H35N3O3/c1-16(2)27-21-5-4-17(12-18(21)15-25)13-23-7-6-19(20(26)14-23)24-10-8-22(3)9-11-24/h4-5,12,16,19-20,25-26H,6-11,13-15H2,1-3H3/t19-,20-/m1/s1. The van der Waals surface area contributed by atoms with Gasteiger partial charge in [-0.1, -0.05) is 6.07 Å². The number of piperidine rings is 1. The van der Waals surface area contributed by atoms with Crippen molar-refractivity contribution in [2.75, 3.05) is 46.3 Å². The van der Waals surface area contributed by atoms with E-state index in [0.29, 0.717) is 6.54 Å². The van der Waals surface area contributed by atoms with E-state index in [2.05, 4.69) is 27.8 Å². The number of rotatable bonds is 6. The van der Waals surface area contributed by atoms with Gasteiger partial charge in [0.2, 0.25) is 0 Å². The number of hydrogen-bond acceptors (Lipinski definition) is 6. The lowest BCUT2D eigenvalue weighted by atomic mass is 9.98. The predicted molar refractivity (Wildman–Crippen MR) is 107 cm³/mol. The Morgan fingerprint density at radius 2 is 1.89 bits per heavy atom. The second-order valence-corrected chi connectivity index (χ2v) is 8.26. The molecular formula is C21H35N3O3. The fraction of sp³-hybridized carbons (Fsp3) is 0.714. The van der Waals surface area contributed by atoms with Gasteiger partial charge in [0, 0.05) is 57.4 Å². The molecule has 152 valence electrons. The highest BCUT2D eigenvalue weighted by Gasteiger charge is 2.33. The van der Waals surface area contributed by atoms with E-state index in [0.717, 1.165) is 62.6 Å². The fourth-order valence-corrected chi connectivity index (χ4v) is 4.19. The summed E-state index contributed by atoms with van der Waals surface area (Å²) < 4.78 is 5.76. The summed E-state index contributed by atoms with van der Waals surface area (Å²) in [4.78, 5) is 7.13. The van der Waals surface area contributed by atoms with Gasteiger partial charge in [-0.25, -0.2) is 0 Å². The van der Waals surface area contributed by atoms with Crippen LogP contribution >= 0.6 is 0 Å². The van der Waals surface area contributed by atoms with Crippen LogP contribution in [-0.2, 0) is 13.2 Å². The van der Waals surface area contributed by atoms with Crippen LogP contribution in [0.2, 0.25) is 0 Å². The van der Waals surface area contributed by atoms with Gasteiger partial charge in [-0.15, -0.1) is 0 Å². The molecule has 0 radical (unpaired) electrons. The molecule has 1 aromatic rings. The van der Waals surface area contributed by atoms with Crippen LogP contribution in [0.3, 0.4) is 0 Å². The van der Waals surface area contributed by atoms with Crippen molar-refractivity contribution in [1.29, 1.82) is 0 Å². The predicted octanol–water partition coefficient (Wildman–Crippen LogP) is 1.15. The zero-order valence-corrected chi connectivity index (χ0v) is 17.0. The highest BCUT2D eigenvalue weighted by molar-refractivity contribution is 5.37. The van der Waals surface area contributed by atoms with Crippen LogP contribution in [0.15, 0.2) is 18.2 Å². The average molecular weight is 378 g/mol. The van der Waals surface area contributed by atoms with Gasteiger partial charge in [-0.2, -0.15) is 0 Å². The number of ether oxygens (including phenoxy) is 1. The Morgan fingerprint density at radius 3 is 2.52 bits per heavy atom. The van der Waals surface area contributed by atoms with Crippen LogP contribution in [0.5, 0.6) is 5.75 Å². The van der Waals surface area contributed by atoms with Crippen LogP contribution < -0.4 is 4.74 Å². The Hall–Kier alpha value is -1.18. The molecule has 3 rings (SSSR count). The minimum Gasteiger partial charge on any atom is -0.491 e. The Balaban J connectivity index is 1.56. The van der Waals surface area contributed by atoms with E-state index >= 15 is 0 Å². The second-order valence-electron chi connectivity index (χ2n) is 8.26. The SMILES string of the molecule is CC(C)Oc1ccc(CN2CC[C@@H](N3CCN(C)CC3)[C@H](O)C2)cc1CO. The number of likely N-dealkylation sites (N-methyl/N-ethyl adjacent to an activating group) is 1. The van der Waals surface area contributed by atoms with Gasteiger partial charge in [-0.05, 0) is 45.0 Å². The van der Waals surface area contributed by atoms with Crippen molar-refractivity contribution < 1.29 is 14.9 Å². The van der Waals surface area contributed by atoms with Gasteiger partial charge >= 0.3 is 0 Å². The third kappa shape index (κ3) is 5.42. The molecule has 0 bridgehead atoms. The smallest absolute Gasteiger partial charge is 0.125 e. The molecular weight excluding hydrogens is 342 g/mol. The van der Waals surface area contributed by atoms with Crippen molar-refractivity contribution in [3.63, 3.8) is 0 Å². The quantitative estimate of drug-likeness (QED) is 0.776. The molecule has 6 heteroatoms. The monoisotopic (exact) mass is 377 g/mol. The molecule has 0 aliphatic carbocycles. The first-order valence-corrected chi connectivity index (χ1v) is 10.2. The lowest BCUT2D eigenvalue weighted by Gasteiger charge is -2.44. The molecule has 0 spiro atoms. The van der Waals surface area contributed by atoms with Crippen LogP contribution in [0, 0.1) is 0 Å². The van der Waals surface area contributed by atoms with Gasteiger partial charge in [0.25, 0.3) is 0 Å². The molecule has 0 unspecified atom stereocenters. The van der Waals surface area contributed by atoms with Gasteiger partial charge in [-0.3, -0.25) is 9.80 Å². The van der Waals surface area contributed by atoms with Gasteiger partial charge in [0.15, 0.2) is 0 Å². The summed E-state index contributed by atoms with van der Waals surface area (Å²) in [6, 6.07) is 6.32. The molecule has 0 amide bonds. The maximum absolute atomic E-state index is 10.7. The summed E-state index contributed by atoms with van der Waals surface area (Å²) in [6.07, 6.45) is 0.791. The first kappa shape index (κ1) is 20.6. The summed E-state index contributed by atoms with van der Waals surface area (Å²) in [6.45, 7) is 10.7. The van der Waals surface area contributed by atoms with E-state index in [1.54, 1.807) is 0 Å². The van der Waals surface area contributed by atoms with Crippen molar-refractivity contribution in [1.82, 2.24) is 14.7 Å². The van der Waals surface area contributed by atoms with Gasteiger partial charge in [0.1, 0.15) is 5.75 Å². The van der Waals surface area contributed by atoms with Crippen molar-refractivity contribution in [3.8, 4) is 5.75 Å². The highest BCUT2D eigenvalue weighted by atomic mass is 16.5. The van der Waals surface area contributed by atoms with Gasteiger partial charge < -0.3 is 19.8 Å². The lowest BCUT2D eigenvalue weighted by Crippen LogP contribution is -2.58. The first-order chi connectivity index (χ1) is 13.0. The van der Waals surface area contributed by atoms with E-state index in [1.807, 2.05) is 26.0 Å². The topological polar surface area (TPSA) is 59.4 Å². The zero-order chi connectivity index (χ0) is 19.4. The summed E-state index contributed by atoms with van der Waals surface area (Å²) in [7, 11) is 2.16. The van der Waals surface area contributed by atoms with Gasteiger partial charge in [0.05, 0.1) is 18.8 Å². The molecule has 0 aromatic heterocycles. The Labute approximate surface area is 163 Å². The van der Waals surface area contributed by atoms with Crippen molar-refractivity contribution >= 4 is 0 Å². The van der Waals surface area contributed by atoms with E-state index in [-0.39, 0.29) is 24.9 Å². The molecule has 2 atom stereocenters. The molecule has 2 fully saturated rings. The first-order valence-electron chi connectivity index (χ1n) is 10.2. The van der Waals surface area contributed by atoms with Crippen LogP contribution in [0.4, 0.5) is 0 Å². The largest absolute Gasteiger partial charge is 0.491 e. The molecule has 6 nitrogen and oxygen atoms in total. The molecule has 27 heavy (non-hydrogen) atoms. The Morgan fingerprint density at radius 1 is 1.15 bits per heavy atom. The molecule has 2 saturated heterocycles. The van der Waals surface area contributed by atoms with Crippen molar-refractivity contribution in [2.45, 2.75) is 51.7 Å². The van der Waals surface area contributed by atoms with Crippen LogP contribution in [0.25, 0.3) is 0 Å². The van der Waals surface area contributed by atoms with E-state index in [9.17, 15) is 10.2 Å². The Kier molecular flexibility index (Phi) is 7.11. The lowest BCUT2D eigenvalue weighted by molar-refractivity contribution is -0.0286. The average Bonchev–Trinajstić information content (AvgIpc) is 2.64. The third-order valence-electron chi connectivity index (χ3n) is 5.70. The summed E-state index contributed by atoms with van der Waals surface area (Å²) in [5, 5.41) is 20.4. The van der Waals surface area contributed by atoms with E-state index in [4.69, 9.17) is 4.74 Å². The fourth-order valence-electron chi connectivity index (χ4n) is 4.19. The third-order valence-corrected chi connectivity index (χ3v) is 5.70. The van der Waals surface area contributed by atoms with E-state index < -0.39 is 0 Å². The maximum Gasteiger partial charge on any atom is 0.125 e. The zero-order valence-electron chi connectivity index (χ0n) is 17.0. The molecule has 2 aliphatic rings. The molecule has 2 heterocycles. The number of β-amino-alcohol motifs (C(OH)–C–C–N with tert-alkyl or cyclic N) is 1. The van der Waals surface area contributed by atoms with Crippen LogP contribution in [0.1, 0.15) is 31.4 Å². The number of likely N-dealkylation sites (tertiary alicyclic amines) is 1. The molecule has 1 aromatic carbocycles. The number of hydrogen-bond donors (Lipinski definition) is 2. The number of nitrogens with zero attached hydrogens (tertiary/aromatic N) is 3. The normalized spacial score (nSPS) is 25.9. The maximum atomic E-state index is 10.7. The summed E-state index contributed by atoms with van der Waals surface area (Å²) >= 11 is 0. The summed E-state index contributed by atoms with van der Waals surface area (Å²) in [5.74, 6) is 0.755. The molecule has 2 N–H and O–H groups in total. The number of piperazine rings is 1. The second kappa shape index (κ2) is 9.34. The minimum atomic E-state index is -0.303. The van der Waals surface area contributed by atoms with E-state index in [1.165, 1.54) is 0 Å². The Bertz CT molecular complexity index is 602. The number of benzene rings is 1. The number of aliphatic hydroxyl groups excluding tert-OH is 2. The highest BCUT2D eigenvalue weighted by Crippen LogP contribution is 2.24. The molecule has 2 aliphatic heterocycles. The summed E-state index contributed by atoms with van der Waals surface area (Å²) in [5.41, 5.74) is 1.98. The van der Waals surface area contributed by atoms with Crippen molar-refractivity contribution in [2.24, 2.45) is 0 Å². The van der Waals surface area contributed by atoms with Crippen LogP contribution in [-0.4, -0.2) is 89.5 Å². The number of aliphatic hydroxyl groups is 2. The molecule has 0 saturated carbocycles.